The first-order chi connectivity index (χ1) is 4.84. The summed E-state index contributed by atoms with van der Waals surface area (Å²) in [5, 5.41) is 0. The standard InChI is InChI=1S/C9H15N/c1-3-6-9(2)10-7-4-5-8-10/h1,9H,4-8H2,2H3. The van der Waals surface area contributed by atoms with Crippen LogP contribution in [0.15, 0.2) is 0 Å². The van der Waals surface area contributed by atoms with Crippen molar-refractivity contribution in [3.8, 4) is 12.3 Å². The summed E-state index contributed by atoms with van der Waals surface area (Å²) in [6.07, 6.45) is 8.84. The van der Waals surface area contributed by atoms with Crippen LogP contribution in [0.3, 0.4) is 0 Å². The topological polar surface area (TPSA) is 3.24 Å². The average molecular weight is 137 g/mol. The third-order valence-corrected chi connectivity index (χ3v) is 2.18. The molecule has 0 amide bonds. The van der Waals surface area contributed by atoms with Crippen molar-refractivity contribution in [1.29, 1.82) is 0 Å². The Morgan fingerprint density at radius 2 is 2.10 bits per heavy atom. The Morgan fingerprint density at radius 3 is 2.60 bits per heavy atom. The molecule has 10 heavy (non-hydrogen) atoms. The number of nitrogens with zero attached hydrogens (tertiary/aromatic N) is 1. The van der Waals surface area contributed by atoms with E-state index in [1.807, 2.05) is 0 Å². The van der Waals surface area contributed by atoms with Crippen LogP contribution in [0.4, 0.5) is 0 Å². The molecule has 1 heterocycles. The molecule has 0 aromatic carbocycles. The lowest BCUT2D eigenvalue weighted by Crippen LogP contribution is -2.29. The molecule has 1 aliphatic rings. The van der Waals surface area contributed by atoms with Crippen LogP contribution < -0.4 is 0 Å². The SMILES string of the molecule is C#CCC(C)N1CCCC1. The maximum Gasteiger partial charge on any atom is 0.0240 e. The highest BCUT2D eigenvalue weighted by atomic mass is 15.2. The second-order valence-electron chi connectivity index (χ2n) is 3.00. The van der Waals surface area contributed by atoms with Gasteiger partial charge in [-0.15, -0.1) is 12.3 Å². The number of rotatable bonds is 2. The van der Waals surface area contributed by atoms with Crippen molar-refractivity contribution in [1.82, 2.24) is 4.90 Å². The first-order valence-electron chi connectivity index (χ1n) is 4.02. The second-order valence-corrected chi connectivity index (χ2v) is 3.00. The van der Waals surface area contributed by atoms with Gasteiger partial charge in [-0.3, -0.25) is 4.90 Å². The number of hydrogen-bond acceptors (Lipinski definition) is 1. The van der Waals surface area contributed by atoms with E-state index in [2.05, 4.69) is 17.7 Å². The quantitative estimate of drug-likeness (QED) is 0.521. The molecule has 1 aliphatic heterocycles. The highest BCUT2D eigenvalue weighted by Gasteiger charge is 2.16. The monoisotopic (exact) mass is 137 g/mol. The summed E-state index contributed by atoms with van der Waals surface area (Å²) < 4.78 is 0. The highest BCUT2D eigenvalue weighted by molar-refractivity contribution is 4.89. The van der Waals surface area contributed by atoms with Crippen molar-refractivity contribution in [3.05, 3.63) is 0 Å². The molecule has 1 saturated heterocycles. The molecule has 0 aliphatic carbocycles. The molecule has 0 bridgehead atoms. The Labute approximate surface area is 63.4 Å². The summed E-state index contributed by atoms with van der Waals surface area (Å²) in [6, 6.07) is 0.604. The zero-order valence-corrected chi connectivity index (χ0v) is 6.64. The zero-order valence-electron chi connectivity index (χ0n) is 6.64. The van der Waals surface area contributed by atoms with E-state index in [0.29, 0.717) is 6.04 Å². The fourth-order valence-corrected chi connectivity index (χ4v) is 1.48. The lowest BCUT2D eigenvalue weighted by Gasteiger charge is -2.21. The van der Waals surface area contributed by atoms with Crippen molar-refractivity contribution in [2.75, 3.05) is 13.1 Å². The Hall–Kier alpha value is -0.480. The van der Waals surface area contributed by atoms with Gasteiger partial charge in [-0.05, 0) is 32.9 Å². The van der Waals surface area contributed by atoms with E-state index in [9.17, 15) is 0 Å². The molecule has 1 fully saturated rings. The molecule has 0 radical (unpaired) electrons. The predicted octanol–water partition coefficient (Wildman–Crippen LogP) is 1.49. The molecular weight excluding hydrogens is 122 g/mol. The third kappa shape index (κ3) is 1.75. The average Bonchev–Trinajstić information content (AvgIpc) is 2.38. The lowest BCUT2D eigenvalue weighted by atomic mass is 10.2. The largest absolute Gasteiger partial charge is 0.300 e. The first-order valence-corrected chi connectivity index (χ1v) is 4.02. The molecule has 1 unspecified atom stereocenters. The minimum atomic E-state index is 0.604. The van der Waals surface area contributed by atoms with Gasteiger partial charge in [0, 0.05) is 12.5 Å². The van der Waals surface area contributed by atoms with Crippen molar-refractivity contribution in [2.24, 2.45) is 0 Å². The Balaban J connectivity index is 2.26. The second kappa shape index (κ2) is 3.63. The molecule has 0 saturated carbocycles. The van der Waals surface area contributed by atoms with E-state index in [0.717, 1.165) is 6.42 Å². The summed E-state index contributed by atoms with van der Waals surface area (Å²) in [5.74, 6) is 2.70. The molecule has 1 heteroatoms. The molecule has 0 spiro atoms. The van der Waals surface area contributed by atoms with Crippen LogP contribution in [0.1, 0.15) is 26.2 Å². The summed E-state index contributed by atoms with van der Waals surface area (Å²) in [7, 11) is 0. The molecule has 56 valence electrons. The van der Waals surface area contributed by atoms with E-state index >= 15 is 0 Å². The summed E-state index contributed by atoms with van der Waals surface area (Å²) in [6.45, 7) is 4.72. The number of likely N-dealkylation sites (tertiary alicyclic amines) is 1. The number of hydrogen-bond donors (Lipinski definition) is 0. The predicted molar refractivity (Wildman–Crippen MR) is 43.7 cm³/mol. The molecule has 0 aromatic heterocycles. The van der Waals surface area contributed by atoms with Crippen molar-refractivity contribution in [2.45, 2.75) is 32.2 Å². The fourth-order valence-electron chi connectivity index (χ4n) is 1.48. The van der Waals surface area contributed by atoms with Gasteiger partial charge in [0.1, 0.15) is 0 Å². The van der Waals surface area contributed by atoms with Gasteiger partial charge in [-0.2, -0.15) is 0 Å². The van der Waals surface area contributed by atoms with Gasteiger partial charge < -0.3 is 0 Å². The van der Waals surface area contributed by atoms with Crippen LogP contribution in [-0.2, 0) is 0 Å². The van der Waals surface area contributed by atoms with Crippen LogP contribution in [0.5, 0.6) is 0 Å². The minimum Gasteiger partial charge on any atom is -0.300 e. The summed E-state index contributed by atoms with van der Waals surface area (Å²) in [4.78, 5) is 2.47. The van der Waals surface area contributed by atoms with Gasteiger partial charge in [0.2, 0.25) is 0 Å². The van der Waals surface area contributed by atoms with Gasteiger partial charge in [0.15, 0.2) is 0 Å². The highest BCUT2D eigenvalue weighted by Crippen LogP contribution is 2.12. The summed E-state index contributed by atoms with van der Waals surface area (Å²) >= 11 is 0. The maximum absolute atomic E-state index is 5.22. The normalized spacial score (nSPS) is 22.4. The lowest BCUT2D eigenvalue weighted by molar-refractivity contribution is 0.263. The molecular formula is C9H15N. The van der Waals surface area contributed by atoms with E-state index in [1.165, 1.54) is 25.9 Å². The van der Waals surface area contributed by atoms with Crippen LogP contribution in [-0.4, -0.2) is 24.0 Å². The minimum absolute atomic E-state index is 0.604. The van der Waals surface area contributed by atoms with Gasteiger partial charge >= 0.3 is 0 Å². The van der Waals surface area contributed by atoms with E-state index in [1.54, 1.807) is 0 Å². The summed E-state index contributed by atoms with van der Waals surface area (Å²) in [5.41, 5.74) is 0. The van der Waals surface area contributed by atoms with E-state index < -0.39 is 0 Å². The number of terminal acetylenes is 1. The van der Waals surface area contributed by atoms with Crippen LogP contribution in [0.2, 0.25) is 0 Å². The Kier molecular flexibility index (Phi) is 2.77. The molecule has 0 aromatic rings. The van der Waals surface area contributed by atoms with Crippen molar-refractivity contribution < 1.29 is 0 Å². The third-order valence-electron chi connectivity index (χ3n) is 2.18. The molecule has 1 rings (SSSR count). The van der Waals surface area contributed by atoms with Crippen LogP contribution in [0, 0.1) is 12.3 Å². The molecule has 0 N–H and O–H groups in total. The Bertz CT molecular complexity index is 128. The fraction of sp³-hybridized carbons (Fsp3) is 0.778. The molecule has 1 nitrogen and oxygen atoms in total. The zero-order chi connectivity index (χ0) is 7.40. The van der Waals surface area contributed by atoms with Crippen LogP contribution in [0.25, 0.3) is 0 Å². The Morgan fingerprint density at radius 1 is 1.50 bits per heavy atom. The van der Waals surface area contributed by atoms with Crippen LogP contribution >= 0.6 is 0 Å². The smallest absolute Gasteiger partial charge is 0.0240 e. The van der Waals surface area contributed by atoms with E-state index in [-0.39, 0.29) is 0 Å². The van der Waals surface area contributed by atoms with Crippen molar-refractivity contribution in [3.63, 3.8) is 0 Å². The first kappa shape index (κ1) is 7.63. The van der Waals surface area contributed by atoms with Gasteiger partial charge in [0.25, 0.3) is 0 Å². The van der Waals surface area contributed by atoms with Gasteiger partial charge in [-0.25, -0.2) is 0 Å². The van der Waals surface area contributed by atoms with Gasteiger partial charge in [-0.1, -0.05) is 0 Å². The van der Waals surface area contributed by atoms with Crippen molar-refractivity contribution >= 4 is 0 Å². The maximum atomic E-state index is 5.22. The molecule has 1 atom stereocenters. The van der Waals surface area contributed by atoms with E-state index in [4.69, 9.17) is 6.42 Å². The van der Waals surface area contributed by atoms with Gasteiger partial charge in [0.05, 0.1) is 0 Å².